The first-order chi connectivity index (χ1) is 16.0. The van der Waals surface area contributed by atoms with Crippen molar-refractivity contribution in [3.8, 4) is 0 Å². The molecule has 1 atom stereocenters. The number of ketones is 1. The summed E-state index contributed by atoms with van der Waals surface area (Å²) in [5.74, 6) is -0.483. The van der Waals surface area contributed by atoms with Gasteiger partial charge in [-0.3, -0.25) is 14.5 Å². The largest absolute Gasteiger partial charge is 0.399 e. The topological polar surface area (TPSA) is 105 Å². The first kappa shape index (κ1) is 22.4. The van der Waals surface area contributed by atoms with Gasteiger partial charge in [-0.15, -0.1) is 0 Å². The second-order valence-corrected chi connectivity index (χ2v) is 8.15. The first-order valence-electron chi connectivity index (χ1n) is 11.1. The molecule has 7 heteroatoms. The quantitative estimate of drug-likeness (QED) is 0.365. The van der Waals surface area contributed by atoms with Gasteiger partial charge in [0.25, 0.3) is 5.91 Å². The number of hydrogen-bond donors (Lipinski definition) is 3. The number of nitrogens with zero attached hydrogens (tertiary/aromatic N) is 2. The minimum Gasteiger partial charge on any atom is -0.399 e. The third-order valence-corrected chi connectivity index (χ3v) is 6.05. The highest BCUT2D eigenvalue weighted by Crippen LogP contribution is 2.20. The Morgan fingerprint density at radius 1 is 0.848 bits per heavy atom. The maximum absolute atomic E-state index is 13.5. The van der Waals surface area contributed by atoms with E-state index in [0.29, 0.717) is 29.0 Å². The summed E-state index contributed by atoms with van der Waals surface area (Å²) in [6, 6.07) is 24.0. The number of nitrogens with one attached hydrogen (secondary N) is 1. The molecule has 33 heavy (non-hydrogen) atoms. The molecular formula is C26H29N5O2. The van der Waals surface area contributed by atoms with E-state index in [1.165, 1.54) is 5.69 Å². The third-order valence-electron chi connectivity index (χ3n) is 6.05. The Morgan fingerprint density at radius 2 is 1.48 bits per heavy atom. The molecule has 170 valence electrons. The highest BCUT2D eigenvalue weighted by molar-refractivity contribution is 6.01. The number of Topliss-reactive ketones (excluding diaryl/α,β-unsaturated/α-hetero) is 1. The molecule has 7 nitrogen and oxygen atoms in total. The highest BCUT2D eigenvalue weighted by atomic mass is 16.1. The molecule has 0 bridgehead atoms. The number of primary amides is 1. The van der Waals surface area contributed by atoms with E-state index in [1.807, 2.05) is 24.3 Å². The highest BCUT2D eigenvalue weighted by Gasteiger charge is 2.30. The van der Waals surface area contributed by atoms with E-state index in [0.717, 1.165) is 26.2 Å². The number of piperazine rings is 1. The van der Waals surface area contributed by atoms with Gasteiger partial charge in [0.05, 0.1) is 11.6 Å². The van der Waals surface area contributed by atoms with Crippen LogP contribution in [-0.4, -0.2) is 55.4 Å². The lowest BCUT2D eigenvalue weighted by molar-refractivity contribution is 0.0822. The van der Waals surface area contributed by atoms with Gasteiger partial charge in [-0.1, -0.05) is 30.3 Å². The van der Waals surface area contributed by atoms with Crippen molar-refractivity contribution in [2.45, 2.75) is 6.04 Å². The van der Waals surface area contributed by atoms with E-state index in [2.05, 4.69) is 27.2 Å². The summed E-state index contributed by atoms with van der Waals surface area (Å²) in [4.78, 5) is 29.9. The van der Waals surface area contributed by atoms with Crippen molar-refractivity contribution in [3.63, 3.8) is 0 Å². The Kier molecular flexibility index (Phi) is 6.90. The lowest BCUT2D eigenvalue weighted by Crippen LogP contribution is -2.55. The molecule has 3 aromatic rings. The van der Waals surface area contributed by atoms with E-state index in [-0.39, 0.29) is 5.78 Å². The van der Waals surface area contributed by atoms with Crippen LogP contribution in [-0.2, 0) is 0 Å². The summed E-state index contributed by atoms with van der Waals surface area (Å²) in [5, 5.41) is 3.30. The van der Waals surface area contributed by atoms with Crippen LogP contribution in [0, 0.1) is 0 Å². The van der Waals surface area contributed by atoms with Crippen molar-refractivity contribution in [1.29, 1.82) is 0 Å². The molecule has 0 aromatic heterocycles. The van der Waals surface area contributed by atoms with Gasteiger partial charge in [-0.05, 0) is 48.5 Å². The summed E-state index contributed by atoms with van der Waals surface area (Å²) in [7, 11) is 0. The lowest BCUT2D eigenvalue weighted by atomic mass is 10.0. The molecule has 1 fully saturated rings. The molecule has 1 amide bonds. The van der Waals surface area contributed by atoms with Gasteiger partial charge in [0.1, 0.15) is 0 Å². The van der Waals surface area contributed by atoms with Crippen molar-refractivity contribution >= 4 is 28.8 Å². The van der Waals surface area contributed by atoms with E-state index in [4.69, 9.17) is 11.5 Å². The SMILES string of the molecule is NC(=O)c1ccccc1NCC(C(=O)c1ccc(N)cc1)N1CCN(c2ccccc2)CC1. The number of carbonyl (C=O) groups is 2. The number of para-hydroxylation sites is 2. The van der Waals surface area contributed by atoms with Crippen molar-refractivity contribution < 1.29 is 9.59 Å². The van der Waals surface area contributed by atoms with Crippen LogP contribution in [0.15, 0.2) is 78.9 Å². The predicted octanol–water partition coefficient (Wildman–Crippen LogP) is 2.85. The predicted molar refractivity (Wildman–Crippen MR) is 133 cm³/mol. The minimum absolute atomic E-state index is 0.0206. The number of nitrogen functional groups attached to an aromatic ring is 1. The monoisotopic (exact) mass is 443 g/mol. The molecular weight excluding hydrogens is 414 g/mol. The summed E-state index contributed by atoms with van der Waals surface area (Å²) < 4.78 is 0. The number of anilines is 3. The van der Waals surface area contributed by atoms with Crippen molar-refractivity contribution in [2.75, 3.05) is 48.7 Å². The van der Waals surface area contributed by atoms with Gasteiger partial charge in [-0.2, -0.15) is 0 Å². The second kappa shape index (κ2) is 10.2. The van der Waals surface area contributed by atoms with Crippen LogP contribution in [0.1, 0.15) is 20.7 Å². The molecule has 1 heterocycles. The molecule has 0 aliphatic carbocycles. The van der Waals surface area contributed by atoms with Crippen molar-refractivity contribution in [3.05, 3.63) is 90.0 Å². The van der Waals surface area contributed by atoms with Crippen LogP contribution in [0.25, 0.3) is 0 Å². The lowest BCUT2D eigenvalue weighted by Gasteiger charge is -2.40. The van der Waals surface area contributed by atoms with Crippen LogP contribution >= 0.6 is 0 Å². The molecule has 1 aliphatic heterocycles. The number of nitrogens with two attached hydrogens (primary N) is 2. The molecule has 0 radical (unpaired) electrons. The van der Waals surface area contributed by atoms with Crippen molar-refractivity contribution in [1.82, 2.24) is 4.90 Å². The molecule has 1 saturated heterocycles. The first-order valence-corrected chi connectivity index (χ1v) is 11.1. The van der Waals surface area contributed by atoms with Crippen LogP contribution in [0.3, 0.4) is 0 Å². The zero-order valence-electron chi connectivity index (χ0n) is 18.5. The van der Waals surface area contributed by atoms with Crippen LogP contribution in [0.5, 0.6) is 0 Å². The van der Waals surface area contributed by atoms with Crippen LogP contribution < -0.4 is 21.7 Å². The minimum atomic E-state index is -0.504. The molecule has 1 aliphatic rings. The molecule has 3 aromatic carbocycles. The second-order valence-electron chi connectivity index (χ2n) is 8.15. The standard InChI is InChI=1S/C26H29N5O2/c27-20-12-10-19(11-13-20)25(32)24(18-29-23-9-5-4-8-22(23)26(28)33)31-16-14-30(15-17-31)21-6-2-1-3-7-21/h1-13,24,29H,14-18,27H2,(H2,28,33). The maximum atomic E-state index is 13.5. The Bertz CT molecular complexity index is 1090. The number of carbonyl (C=O) groups excluding carboxylic acids is 2. The van der Waals surface area contributed by atoms with Crippen LogP contribution in [0.2, 0.25) is 0 Å². The summed E-state index contributed by atoms with van der Waals surface area (Å²) in [5.41, 5.74) is 14.8. The van der Waals surface area contributed by atoms with E-state index in [9.17, 15) is 9.59 Å². The molecule has 5 N–H and O–H groups in total. The van der Waals surface area contributed by atoms with Gasteiger partial charge in [-0.25, -0.2) is 0 Å². The summed E-state index contributed by atoms with van der Waals surface area (Å²) in [6.45, 7) is 3.51. The normalized spacial score (nSPS) is 15.1. The summed E-state index contributed by atoms with van der Waals surface area (Å²) in [6.07, 6.45) is 0. The average Bonchev–Trinajstić information content (AvgIpc) is 2.85. The number of amides is 1. The van der Waals surface area contributed by atoms with E-state index >= 15 is 0 Å². The van der Waals surface area contributed by atoms with Gasteiger partial charge in [0.2, 0.25) is 0 Å². The Balaban J connectivity index is 1.52. The molecule has 0 spiro atoms. The van der Waals surface area contributed by atoms with Gasteiger partial charge in [0, 0.05) is 55.3 Å². The third kappa shape index (κ3) is 5.32. The maximum Gasteiger partial charge on any atom is 0.250 e. The van der Waals surface area contributed by atoms with Gasteiger partial charge in [0.15, 0.2) is 5.78 Å². The Morgan fingerprint density at radius 3 is 2.15 bits per heavy atom. The fourth-order valence-corrected chi connectivity index (χ4v) is 4.22. The fourth-order valence-electron chi connectivity index (χ4n) is 4.22. The molecule has 4 rings (SSSR count). The van der Waals surface area contributed by atoms with Gasteiger partial charge < -0.3 is 21.7 Å². The smallest absolute Gasteiger partial charge is 0.250 e. The van der Waals surface area contributed by atoms with Crippen molar-refractivity contribution in [2.24, 2.45) is 5.73 Å². The molecule has 0 saturated carbocycles. The van der Waals surface area contributed by atoms with Gasteiger partial charge >= 0.3 is 0 Å². The van der Waals surface area contributed by atoms with E-state index < -0.39 is 11.9 Å². The zero-order valence-corrected chi connectivity index (χ0v) is 18.5. The van der Waals surface area contributed by atoms with E-state index in [1.54, 1.807) is 42.5 Å². The zero-order chi connectivity index (χ0) is 23.2. The Hall–Kier alpha value is -3.84. The number of rotatable bonds is 8. The number of benzene rings is 3. The average molecular weight is 444 g/mol. The van der Waals surface area contributed by atoms with Crippen LogP contribution in [0.4, 0.5) is 17.1 Å². The Labute approximate surface area is 194 Å². The molecule has 1 unspecified atom stereocenters. The summed E-state index contributed by atoms with van der Waals surface area (Å²) >= 11 is 0. The fraction of sp³-hybridized carbons (Fsp3) is 0.231. The number of hydrogen-bond acceptors (Lipinski definition) is 6.